The molecule has 1 heteroatoms. The molecule has 0 radical (unpaired) electrons. The molecule has 1 atom stereocenters. The van der Waals surface area contributed by atoms with Crippen molar-refractivity contribution in [2.24, 2.45) is 17.1 Å². The lowest BCUT2D eigenvalue weighted by Gasteiger charge is -2.18. The molecule has 0 spiro atoms. The van der Waals surface area contributed by atoms with Crippen LogP contribution in [0.2, 0.25) is 0 Å². The summed E-state index contributed by atoms with van der Waals surface area (Å²) >= 11 is 0. The molecule has 68 valence electrons. The molecule has 0 aromatic rings. The van der Waals surface area contributed by atoms with Crippen LogP contribution in [-0.2, 0) is 0 Å². The molecule has 1 nitrogen and oxygen atoms in total. The Hall–Kier alpha value is -0.0400. The summed E-state index contributed by atoms with van der Waals surface area (Å²) in [5, 5.41) is 0. The summed E-state index contributed by atoms with van der Waals surface area (Å²) in [5.74, 6) is 0.706. The van der Waals surface area contributed by atoms with Gasteiger partial charge in [-0.1, -0.05) is 34.1 Å². The van der Waals surface area contributed by atoms with E-state index in [0.717, 1.165) is 6.54 Å². The predicted molar refractivity (Wildman–Crippen MR) is 51.5 cm³/mol. The fraction of sp³-hybridized carbons (Fsp3) is 1.00. The van der Waals surface area contributed by atoms with Gasteiger partial charge < -0.3 is 5.73 Å². The van der Waals surface area contributed by atoms with Gasteiger partial charge in [0, 0.05) is 0 Å². The second-order valence-electron chi connectivity index (χ2n) is 4.79. The summed E-state index contributed by atoms with van der Waals surface area (Å²) in [4.78, 5) is 0. The molecular formula is C10H23N. The van der Waals surface area contributed by atoms with E-state index in [0.29, 0.717) is 11.3 Å². The molecule has 0 heterocycles. The Morgan fingerprint density at radius 1 is 1.27 bits per heavy atom. The molecule has 0 fully saturated rings. The van der Waals surface area contributed by atoms with Gasteiger partial charge in [0.25, 0.3) is 0 Å². The second kappa shape index (κ2) is 4.76. The summed E-state index contributed by atoms with van der Waals surface area (Å²) < 4.78 is 0. The molecule has 0 aliphatic heterocycles. The highest BCUT2D eigenvalue weighted by molar-refractivity contribution is 4.62. The molecule has 0 aromatic carbocycles. The normalized spacial score (nSPS) is 15.0. The molecule has 0 bridgehead atoms. The Labute approximate surface area is 71.4 Å². The molecule has 0 aromatic heterocycles. The minimum Gasteiger partial charge on any atom is -0.330 e. The van der Waals surface area contributed by atoms with Gasteiger partial charge in [0.15, 0.2) is 0 Å². The molecule has 2 N–H and O–H groups in total. The van der Waals surface area contributed by atoms with Crippen LogP contribution in [-0.4, -0.2) is 6.54 Å². The number of hydrogen-bond acceptors (Lipinski definition) is 1. The topological polar surface area (TPSA) is 26.0 Å². The van der Waals surface area contributed by atoms with E-state index in [1.165, 1.54) is 19.3 Å². The average molecular weight is 157 g/mol. The Morgan fingerprint density at radius 3 is 2.18 bits per heavy atom. The van der Waals surface area contributed by atoms with Crippen LogP contribution < -0.4 is 5.73 Å². The number of hydrogen-bond donors (Lipinski definition) is 1. The molecule has 0 amide bonds. The standard InChI is InChI=1S/C10H23N/c1-9(8-11)6-5-7-10(2,3)4/h9H,5-8,11H2,1-4H3/t9-/m1/s1. The molecule has 0 aliphatic rings. The highest BCUT2D eigenvalue weighted by atomic mass is 14.5. The van der Waals surface area contributed by atoms with Gasteiger partial charge in [-0.2, -0.15) is 0 Å². The van der Waals surface area contributed by atoms with E-state index in [1.807, 2.05) is 0 Å². The highest BCUT2D eigenvalue weighted by Crippen LogP contribution is 2.22. The zero-order valence-corrected chi connectivity index (χ0v) is 8.48. The number of nitrogens with two attached hydrogens (primary N) is 1. The van der Waals surface area contributed by atoms with E-state index in [-0.39, 0.29) is 0 Å². The fourth-order valence-corrected chi connectivity index (χ4v) is 1.10. The lowest BCUT2D eigenvalue weighted by molar-refractivity contribution is 0.344. The lowest BCUT2D eigenvalue weighted by atomic mass is 9.88. The van der Waals surface area contributed by atoms with Crippen molar-refractivity contribution in [3.8, 4) is 0 Å². The van der Waals surface area contributed by atoms with Gasteiger partial charge in [-0.25, -0.2) is 0 Å². The van der Waals surface area contributed by atoms with Gasteiger partial charge in [0.2, 0.25) is 0 Å². The van der Waals surface area contributed by atoms with Crippen molar-refractivity contribution < 1.29 is 0 Å². The van der Waals surface area contributed by atoms with E-state index >= 15 is 0 Å². The van der Waals surface area contributed by atoms with Crippen LogP contribution in [0.3, 0.4) is 0 Å². The summed E-state index contributed by atoms with van der Waals surface area (Å²) in [6.07, 6.45) is 3.92. The Morgan fingerprint density at radius 2 is 1.82 bits per heavy atom. The van der Waals surface area contributed by atoms with Crippen molar-refractivity contribution in [3.63, 3.8) is 0 Å². The van der Waals surface area contributed by atoms with Crippen molar-refractivity contribution in [3.05, 3.63) is 0 Å². The van der Waals surface area contributed by atoms with E-state index in [9.17, 15) is 0 Å². The molecule has 0 saturated carbocycles. The second-order valence-corrected chi connectivity index (χ2v) is 4.79. The Bertz CT molecular complexity index is 91.5. The largest absolute Gasteiger partial charge is 0.330 e. The molecule has 0 saturated heterocycles. The summed E-state index contributed by atoms with van der Waals surface area (Å²) in [7, 11) is 0. The van der Waals surface area contributed by atoms with Crippen LogP contribution in [0, 0.1) is 11.3 Å². The average Bonchev–Trinajstić information content (AvgIpc) is 1.85. The first-order chi connectivity index (χ1) is 4.95. The first-order valence-electron chi connectivity index (χ1n) is 4.66. The van der Waals surface area contributed by atoms with E-state index in [1.54, 1.807) is 0 Å². The van der Waals surface area contributed by atoms with Crippen LogP contribution in [0.1, 0.15) is 47.0 Å². The third-order valence-corrected chi connectivity index (χ3v) is 2.03. The maximum Gasteiger partial charge on any atom is -0.00515 e. The molecule has 0 rings (SSSR count). The molecule has 11 heavy (non-hydrogen) atoms. The first kappa shape index (κ1) is 11.0. The van der Waals surface area contributed by atoms with Crippen LogP contribution in [0.25, 0.3) is 0 Å². The zero-order valence-electron chi connectivity index (χ0n) is 8.48. The molecule has 0 aliphatic carbocycles. The third-order valence-electron chi connectivity index (χ3n) is 2.03. The van der Waals surface area contributed by atoms with Crippen molar-refractivity contribution in [1.29, 1.82) is 0 Å². The van der Waals surface area contributed by atoms with Gasteiger partial charge in [-0.05, 0) is 30.7 Å². The van der Waals surface area contributed by atoms with Gasteiger partial charge in [0.05, 0.1) is 0 Å². The van der Waals surface area contributed by atoms with Crippen LogP contribution in [0.15, 0.2) is 0 Å². The zero-order chi connectivity index (χ0) is 8.91. The summed E-state index contributed by atoms with van der Waals surface area (Å²) in [5.41, 5.74) is 6.02. The van der Waals surface area contributed by atoms with Crippen molar-refractivity contribution in [2.75, 3.05) is 6.54 Å². The van der Waals surface area contributed by atoms with Crippen LogP contribution in [0.5, 0.6) is 0 Å². The van der Waals surface area contributed by atoms with Gasteiger partial charge in [-0.15, -0.1) is 0 Å². The highest BCUT2D eigenvalue weighted by Gasteiger charge is 2.09. The molecular weight excluding hydrogens is 134 g/mol. The maximum atomic E-state index is 5.52. The van der Waals surface area contributed by atoms with Gasteiger partial charge >= 0.3 is 0 Å². The minimum atomic E-state index is 0.494. The maximum absolute atomic E-state index is 5.52. The van der Waals surface area contributed by atoms with Crippen LogP contribution in [0.4, 0.5) is 0 Å². The van der Waals surface area contributed by atoms with E-state index in [4.69, 9.17) is 5.73 Å². The Kier molecular flexibility index (Phi) is 4.74. The van der Waals surface area contributed by atoms with Gasteiger partial charge in [-0.3, -0.25) is 0 Å². The first-order valence-corrected chi connectivity index (χ1v) is 4.66. The SMILES string of the molecule is C[C@@H](CN)CCCC(C)(C)C. The lowest BCUT2D eigenvalue weighted by Crippen LogP contribution is -2.12. The quantitative estimate of drug-likeness (QED) is 0.667. The predicted octanol–water partition coefficient (Wildman–Crippen LogP) is 2.80. The fourth-order valence-electron chi connectivity index (χ4n) is 1.10. The number of rotatable bonds is 4. The minimum absolute atomic E-state index is 0.494. The smallest absolute Gasteiger partial charge is 0.00515 e. The van der Waals surface area contributed by atoms with E-state index in [2.05, 4.69) is 27.7 Å². The Balaban J connectivity index is 3.28. The van der Waals surface area contributed by atoms with Crippen molar-refractivity contribution >= 4 is 0 Å². The third kappa shape index (κ3) is 7.86. The van der Waals surface area contributed by atoms with Crippen molar-refractivity contribution in [1.82, 2.24) is 0 Å². The van der Waals surface area contributed by atoms with Crippen molar-refractivity contribution in [2.45, 2.75) is 47.0 Å². The monoisotopic (exact) mass is 157 g/mol. The van der Waals surface area contributed by atoms with Crippen LogP contribution >= 0.6 is 0 Å². The summed E-state index contributed by atoms with van der Waals surface area (Å²) in [6.45, 7) is 9.94. The van der Waals surface area contributed by atoms with E-state index < -0.39 is 0 Å². The summed E-state index contributed by atoms with van der Waals surface area (Å²) in [6, 6.07) is 0. The van der Waals surface area contributed by atoms with Gasteiger partial charge in [0.1, 0.15) is 0 Å². The molecule has 0 unspecified atom stereocenters.